The van der Waals surface area contributed by atoms with E-state index in [4.69, 9.17) is 11.6 Å². The van der Waals surface area contributed by atoms with Gasteiger partial charge in [-0.25, -0.2) is 0 Å². The molecule has 2 atom stereocenters. The number of halogens is 1. The summed E-state index contributed by atoms with van der Waals surface area (Å²) in [6, 6.07) is 8.60. The smallest absolute Gasteiger partial charge is 0.0639 e. The number of nitrogens with one attached hydrogen (secondary N) is 1. The lowest BCUT2D eigenvalue weighted by Gasteiger charge is -2.31. The van der Waals surface area contributed by atoms with Crippen LogP contribution in [0.2, 0.25) is 5.02 Å². The Labute approximate surface area is 103 Å². The molecule has 0 spiro atoms. The first-order chi connectivity index (χ1) is 7.68. The highest BCUT2D eigenvalue weighted by atomic mass is 35.5. The molecule has 0 aliphatic carbocycles. The van der Waals surface area contributed by atoms with Gasteiger partial charge in [0.15, 0.2) is 0 Å². The lowest BCUT2D eigenvalue weighted by molar-refractivity contribution is 0.564. The Kier molecular flexibility index (Phi) is 3.72. The quantitative estimate of drug-likeness (QED) is 0.810. The van der Waals surface area contributed by atoms with Gasteiger partial charge in [0, 0.05) is 19.1 Å². The summed E-state index contributed by atoms with van der Waals surface area (Å²) in [7, 11) is 0. The summed E-state index contributed by atoms with van der Waals surface area (Å²) in [5.74, 6) is 0.654. The Hall–Kier alpha value is -0.730. The van der Waals surface area contributed by atoms with Crippen LogP contribution >= 0.6 is 11.6 Å². The molecule has 2 rings (SSSR count). The molecule has 3 heteroatoms. The third kappa shape index (κ3) is 2.50. The van der Waals surface area contributed by atoms with Gasteiger partial charge in [-0.2, -0.15) is 0 Å². The average molecular weight is 239 g/mol. The van der Waals surface area contributed by atoms with Crippen molar-refractivity contribution in [3.63, 3.8) is 0 Å². The summed E-state index contributed by atoms with van der Waals surface area (Å²) in [5, 5.41) is 4.33. The summed E-state index contributed by atoms with van der Waals surface area (Å²) in [4.78, 5) is 2.41. The molecule has 1 N–H and O–H groups in total. The van der Waals surface area contributed by atoms with Crippen LogP contribution in [0.3, 0.4) is 0 Å². The Morgan fingerprint density at radius 2 is 2.00 bits per heavy atom. The first kappa shape index (κ1) is 11.7. The highest BCUT2D eigenvalue weighted by molar-refractivity contribution is 6.33. The van der Waals surface area contributed by atoms with Gasteiger partial charge < -0.3 is 10.2 Å². The molecule has 16 heavy (non-hydrogen) atoms. The fourth-order valence-corrected chi connectivity index (χ4v) is 2.49. The fourth-order valence-electron chi connectivity index (χ4n) is 2.25. The molecule has 2 nitrogen and oxygen atoms in total. The van der Waals surface area contributed by atoms with Crippen molar-refractivity contribution in [1.29, 1.82) is 0 Å². The monoisotopic (exact) mass is 238 g/mol. The van der Waals surface area contributed by atoms with Crippen LogP contribution in [-0.4, -0.2) is 25.7 Å². The molecular formula is C13H19ClN2. The predicted molar refractivity (Wildman–Crippen MR) is 70.3 cm³/mol. The van der Waals surface area contributed by atoms with Crippen molar-refractivity contribution in [2.75, 3.05) is 24.5 Å². The van der Waals surface area contributed by atoms with E-state index in [1.54, 1.807) is 0 Å². The molecule has 1 saturated heterocycles. The van der Waals surface area contributed by atoms with Gasteiger partial charge in [0.05, 0.1) is 10.7 Å². The molecule has 0 amide bonds. The van der Waals surface area contributed by atoms with Gasteiger partial charge in [0.1, 0.15) is 0 Å². The van der Waals surface area contributed by atoms with E-state index in [0.29, 0.717) is 12.0 Å². The van der Waals surface area contributed by atoms with E-state index < -0.39 is 0 Å². The number of benzene rings is 1. The maximum absolute atomic E-state index is 6.26. The highest BCUT2D eigenvalue weighted by Gasteiger charge is 2.21. The Morgan fingerprint density at radius 1 is 1.25 bits per heavy atom. The molecule has 2 unspecified atom stereocenters. The Bertz CT molecular complexity index is 354. The zero-order valence-corrected chi connectivity index (χ0v) is 10.7. The summed E-state index contributed by atoms with van der Waals surface area (Å²) in [6.07, 6.45) is 0. The molecular weight excluding hydrogens is 220 g/mol. The molecule has 1 aliphatic rings. The molecule has 1 heterocycles. The van der Waals surface area contributed by atoms with Crippen LogP contribution in [0.4, 0.5) is 5.69 Å². The summed E-state index contributed by atoms with van der Waals surface area (Å²) in [6.45, 7) is 7.70. The van der Waals surface area contributed by atoms with Crippen LogP contribution < -0.4 is 10.2 Å². The van der Waals surface area contributed by atoms with Crippen LogP contribution in [0.5, 0.6) is 0 Å². The largest absolute Gasteiger partial charge is 0.366 e. The van der Waals surface area contributed by atoms with Gasteiger partial charge in [-0.1, -0.05) is 30.7 Å². The van der Waals surface area contributed by atoms with Crippen LogP contribution in [0.1, 0.15) is 13.8 Å². The second kappa shape index (κ2) is 5.07. The van der Waals surface area contributed by atoms with Crippen molar-refractivity contribution in [2.24, 2.45) is 5.92 Å². The van der Waals surface area contributed by atoms with E-state index in [9.17, 15) is 0 Å². The van der Waals surface area contributed by atoms with Crippen LogP contribution in [0, 0.1) is 5.92 Å². The number of rotatable bonds is 1. The molecule has 1 fully saturated rings. The van der Waals surface area contributed by atoms with Crippen LogP contribution in [0.25, 0.3) is 0 Å². The number of hydrogen-bond acceptors (Lipinski definition) is 2. The summed E-state index contributed by atoms with van der Waals surface area (Å²) in [5.41, 5.74) is 1.16. The standard InChI is InChI=1S/C13H19ClN2/c1-10-7-15-8-11(2)16(9-10)13-6-4-3-5-12(13)14/h3-6,10-11,15H,7-9H2,1-2H3. The molecule has 1 aliphatic heterocycles. The Balaban J connectivity index is 2.26. The maximum Gasteiger partial charge on any atom is 0.0639 e. The zero-order valence-electron chi connectivity index (χ0n) is 9.91. The van der Waals surface area contributed by atoms with Crippen molar-refractivity contribution in [2.45, 2.75) is 19.9 Å². The van der Waals surface area contributed by atoms with Crippen molar-refractivity contribution in [1.82, 2.24) is 5.32 Å². The second-order valence-electron chi connectivity index (χ2n) is 4.72. The van der Waals surface area contributed by atoms with Gasteiger partial charge in [-0.05, 0) is 31.5 Å². The van der Waals surface area contributed by atoms with Crippen LogP contribution in [0.15, 0.2) is 24.3 Å². The maximum atomic E-state index is 6.26. The van der Waals surface area contributed by atoms with Crippen molar-refractivity contribution in [3.05, 3.63) is 29.3 Å². The minimum Gasteiger partial charge on any atom is -0.366 e. The minimum atomic E-state index is 0.491. The minimum absolute atomic E-state index is 0.491. The first-order valence-corrected chi connectivity index (χ1v) is 6.28. The SMILES string of the molecule is CC1CNCC(C)N(c2ccccc2Cl)C1. The van der Waals surface area contributed by atoms with E-state index in [1.165, 1.54) is 0 Å². The number of hydrogen-bond donors (Lipinski definition) is 1. The summed E-state index contributed by atoms with van der Waals surface area (Å²) < 4.78 is 0. The van der Waals surface area contributed by atoms with Crippen molar-refractivity contribution >= 4 is 17.3 Å². The molecule has 0 radical (unpaired) electrons. The average Bonchev–Trinajstić information content (AvgIpc) is 2.42. The number of nitrogens with zero attached hydrogens (tertiary/aromatic N) is 1. The molecule has 88 valence electrons. The Morgan fingerprint density at radius 3 is 2.75 bits per heavy atom. The molecule has 1 aromatic rings. The van der Waals surface area contributed by atoms with E-state index in [-0.39, 0.29) is 0 Å². The summed E-state index contributed by atoms with van der Waals surface area (Å²) >= 11 is 6.26. The van der Waals surface area contributed by atoms with E-state index in [1.807, 2.05) is 12.1 Å². The number of para-hydroxylation sites is 1. The first-order valence-electron chi connectivity index (χ1n) is 5.90. The fraction of sp³-hybridized carbons (Fsp3) is 0.538. The molecule has 0 bridgehead atoms. The predicted octanol–water partition coefficient (Wildman–Crippen LogP) is 2.77. The zero-order chi connectivity index (χ0) is 11.5. The number of anilines is 1. The van der Waals surface area contributed by atoms with E-state index >= 15 is 0 Å². The van der Waals surface area contributed by atoms with Gasteiger partial charge in [0.2, 0.25) is 0 Å². The molecule has 1 aromatic carbocycles. The molecule has 0 aromatic heterocycles. The second-order valence-corrected chi connectivity index (χ2v) is 5.12. The van der Waals surface area contributed by atoms with Crippen LogP contribution in [-0.2, 0) is 0 Å². The van der Waals surface area contributed by atoms with Gasteiger partial charge in [-0.3, -0.25) is 0 Å². The van der Waals surface area contributed by atoms with E-state index in [2.05, 4.69) is 36.2 Å². The van der Waals surface area contributed by atoms with Gasteiger partial charge in [-0.15, -0.1) is 0 Å². The lowest BCUT2D eigenvalue weighted by atomic mass is 10.1. The molecule has 0 saturated carbocycles. The van der Waals surface area contributed by atoms with Gasteiger partial charge in [0.25, 0.3) is 0 Å². The third-order valence-electron chi connectivity index (χ3n) is 3.13. The topological polar surface area (TPSA) is 15.3 Å². The van der Waals surface area contributed by atoms with Crippen molar-refractivity contribution < 1.29 is 0 Å². The van der Waals surface area contributed by atoms with E-state index in [0.717, 1.165) is 30.3 Å². The normalized spacial score (nSPS) is 26.6. The van der Waals surface area contributed by atoms with Crippen molar-refractivity contribution in [3.8, 4) is 0 Å². The van der Waals surface area contributed by atoms with Gasteiger partial charge >= 0.3 is 0 Å². The lowest BCUT2D eigenvalue weighted by Crippen LogP contribution is -2.38. The third-order valence-corrected chi connectivity index (χ3v) is 3.45. The highest BCUT2D eigenvalue weighted by Crippen LogP contribution is 2.28.